The zero-order valence-electron chi connectivity index (χ0n) is 18.7. The molecule has 5 heteroatoms. The van der Waals surface area contributed by atoms with E-state index in [9.17, 15) is 0 Å². The molecule has 0 fully saturated rings. The molecule has 0 bridgehead atoms. The van der Waals surface area contributed by atoms with Crippen LogP contribution >= 0.6 is 0 Å². The summed E-state index contributed by atoms with van der Waals surface area (Å²) >= 11 is 0.342. The summed E-state index contributed by atoms with van der Waals surface area (Å²) in [4.78, 5) is 4.17. The van der Waals surface area contributed by atoms with Crippen molar-refractivity contribution in [2.24, 2.45) is 0 Å². The molecule has 0 aliphatic carbocycles. The van der Waals surface area contributed by atoms with Gasteiger partial charge in [0.2, 0.25) is 0 Å². The van der Waals surface area contributed by atoms with Gasteiger partial charge in [0, 0.05) is 0 Å². The van der Waals surface area contributed by atoms with Gasteiger partial charge in [-0.1, -0.05) is 6.07 Å². The summed E-state index contributed by atoms with van der Waals surface area (Å²) in [7, 11) is 0. The molecule has 6 rings (SSSR count). The van der Waals surface area contributed by atoms with Crippen LogP contribution in [0.1, 0.15) is 27.8 Å². The van der Waals surface area contributed by atoms with E-state index in [0.29, 0.717) is 21.6 Å². The molecule has 1 spiro atoms. The Morgan fingerprint density at radius 2 is 1.82 bits per heavy atom. The van der Waals surface area contributed by atoms with E-state index >= 15 is 0 Å². The summed E-state index contributed by atoms with van der Waals surface area (Å²) in [5, 5.41) is 0.945. The first kappa shape index (κ1) is 21.2. The van der Waals surface area contributed by atoms with E-state index in [1.54, 1.807) is 12.5 Å². The monoisotopic (exact) mass is 513 g/mol. The third-order valence-corrected chi connectivity index (χ3v) is 8.15. The van der Waals surface area contributed by atoms with Crippen LogP contribution in [0.25, 0.3) is 0 Å². The number of ether oxygens (including phenoxy) is 3. The predicted molar refractivity (Wildman–Crippen MR) is 133 cm³/mol. The first-order chi connectivity index (χ1) is 16.7. The number of benzene rings is 3. The van der Waals surface area contributed by atoms with Crippen LogP contribution in [0.5, 0.6) is 17.2 Å². The molecule has 4 nitrogen and oxygen atoms in total. The average molecular weight is 512 g/mol. The molecule has 3 aromatic carbocycles. The number of aromatic nitrogens is 1. The van der Waals surface area contributed by atoms with Gasteiger partial charge in [0.15, 0.2) is 0 Å². The summed E-state index contributed by atoms with van der Waals surface area (Å²) in [5.41, 5.74) is 4.91. The fourth-order valence-electron chi connectivity index (χ4n) is 4.66. The Balaban J connectivity index is 1.31. The first-order valence-corrected chi connectivity index (χ1v) is 13.3. The van der Waals surface area contributed by atoms with Crippen molar-refractivity contribution in [2.45, 2.75) is 24.5 Å². The zero-order valence-corrected chi connectivity index (χ0v) is 20.4. The third-order valence-electron chi connectivity index (χ3n) is 6.19. The molecule has 0 saturated carbocycles. The van der Waals surface area contributed by atoms with Crippen molar-refractivity contribution in [2.75, 3.05) is 0 Å². The van der Waals surface area contributed by atoms with Crippen molar-refractivity contribution in [1.82, 2.24) is 4.98 Å². The second-order valence-corrected chi connectivity index (χ2v) is 10.7. The number of hydrogen-bond acceptors (Lipinski definition) is 4. The van der Waals surface area contributed by atoms with Crippen LogP contribution in [-0.4, -0.2) is 19.9 Å². The number of hydrogen-bond donors (Lipinski definition) is 0. The maximum absolute atomic E-state index is 6.60. The summed E-state index contributed by atoms with van der Waals surface area (Å²) in [6.45, 7) is 2.65. The van der Waals surface area contributed by atoms with Crippen LogP contribution in [0.4, 0.5) is 0 Å². The van der Waals surface area contributed by atoms with E-state index in [2.05, 4.69) is 72.6 Å². The number of rotatable bonds is 5. The Kier molecular flexibility index (Phi) is 5.46. The summed E-state index contributed by atoms with van der Waals surface area (Å²) in [5.74, 6) is 2.33. The van der Waals surface area contributed by atoms with Crippen LogP contribution in [-0.2, 0) is 16.9 Å². The van der Waals surface area contributed by atoms with Crippen LogP contribution < -0.4 is 13.9 Å². The van der Waals surface area contributed by atoms with Crippen molar-refractivity contribution >= 4 is 19.4 Å². The fourth-order valence-corrected chi connectivity index (χ4v) is 6.08. The number of aryl methyl sites for hydroxylation is 1. The van der Waals surface area contributed by atoms with Gasteiger partial charge in [-0.25, -0.2) is 0 Å². The minimum absolute atomic E-state index is 0.342. The number of fused-ring (bicyclic) bond motifs is 6. The molecule has 3 heterocycles. The SMILES string of the molecule is Cc1ccc2c(c1)Oc1cc(O/C=C/C[Se]c3cccnc3)ccc1[C@@]21OCc2ccccc21. The Labute approximate surface area is 205 Å². The van der Waals surface area contributed by atoms with Crippen LogP contribution in [0.3, 0.4) is 0 Å². The molecule has 168 valence electrons. The molecule has 0 saturated heterocycles. The molecule has 0 N–H and O–H groups in total. The van der Waals surface area contributed by atoms with Gasteiger partial charge in [-0.2, -0.15) is 0 Å². The van der Waals surface area contributed by atoms with Gasteiger partial charge < -0.3 is 0 Å². The van der Waals surface area contributed by atoms with Gasteiger partial charge >= 0.3 is 200 Å². The second kappa shape index (κ2) is 8.77. The zero-order chi connectivity index (χ0) is 23.0. The van der Waals surface area contributed by atoms with Crippen LogP contribution in [0, 0.1) is 6.92 Å². The van der Waals surface area contributed by atoms with Crippen molar-refractivity contribution in [1.29, 1.82) is 0 Å². The maximum atomic E-state index is 6.60. The molecule has 0 unspecified atom stereocenters. The molecule has 0 amide bonds. The van der Waals surface area contributed by atoms with Gasteiger partial charge in [-0.05, 0) is 0 Å². The molecular formula is C29H23NO3Se. The van der Waals surface area contributed by atoms with E-state index in [4.69, 9.17) is 14.2 Å². The molecule has 0 radical (unpaired) electrons. The van der Waals surface area contributed by atoms with Gasteiger partial charge in [0.05, 0.1) is 0 Å². The van der Waals surface area contributed by atoms with E-state index in [1.165, 1.54) is 15.6 Å². The summed E-state index contributed by atoms with van der Waals surface area (Å²) < 4.78 is 20.2. The van der Waals surface area contributed by atoms with Crippen molar-refractivity contribution < 1.29 is 14.2 Å². The summed E-state index contributed by atoms with van der Waals surface area (Å²) in [6.07, 6.45) is 7.55. The van der Waals surface area contributed by atoms with Crippen molar-refractivity contribution in [3.8, 4) is 17.2 Å². The minimum atomic E-state index is -0.673. The molecule has 4 aromatic rings. The molecule has 2 aliphatic rings. The second-order valence-electron chi connectivity index (χ2n) is 8.38. The van der Waals surface area contributed by atoms with E-state index in [0.717, 1.165) is 39.3 Å². The standard InChI is InChI=1S/C29H23NO3Se/c1-20-9-11-25-27(16-20)33-28-17-22(31-14-5-15-34-23-7-4-13-30-18-23)10-12-26(28)29(25)24-8-3-2-6-21(24)19-32-29/h2-14,16-18H,15,19H2,1H3/b14-5+/t29-/m0/s1. The molecule has 2 aliphatic heterocycles. The van der Waals surface area contributed by atoms with Gasteiger partial charge in [0.1, 0.15) is 0 Å². The molecule has 1 aromatic heterocycles. The van der Waals surface area contributed by atoms with Crippen LogP contribution in [0.15, 0.2) is 97.5 Å². The van der Waals surface area contributed by atoms with Gasteiger partial charge in [0.25, 0.3) is 0 Å². The average Bonchev–Trinajstić information content (AvgIpc) is 3.24. The van der Waals surface area contributed by atoms with E-state index in [1.807, 2.05) is 24.4 Å². The Bertz CT molecular complexity index is 1390. The van der Waals surface area contributed by atoms with Crippen molar-refractivity contribution in [3.63, 3.8) is 0 Å². The number of nitrogens with zero attached hydrogens (tertiary/aromatic N) is 1. The topological polar surface area (TPSA) is 40.6 Å². The Morgan fingerprint density at radius 3 is 2.71 bits per heavy atom. The quantitative estimate of drug-likeness (QED) is 0.256. The normalized spacial score (nSPS) is 17.8. The van der Waals surface area contributed by atoms with Crippen molar-refractivity contribution in [3.05, 3.63) is 125 Å². The Morgan fingerprint density at radius 1 is 0.971 bits per heavy atom. The number of pyridine rings is 1. The van der Waals surface area contributed by atoms with E-state index < -0.39 is 5.60 Å². The number of allylic oxidation sites excluding steroid dienone is 1. The first-order valence-electron chi connectivity index (χ1n) is 11.2. The van der Waals surface area contributed by atoms with Gasteiger partial charge in [-0.3, -0.25) is 0 Å². The molecule has 34 heavy (non-hydrogen) atoms. The predicted octanol–water partition coefficient (Wildman–Crippen LogP) is 5.66. The third kappa shape index (κ3) is 3.63. The summed E-state index contributed by atoms with van der Waals surface area (Å²) in [6, 6.07) is 24.9. The fraction of sp³-hybridized carbons (Fsp3) is 0.138. The molecular weight excluding hydrogens is 489 g/mol. The Hall–Kier alpha value is -3.37. The van der Waals surface area contributed by atoms with Gasteiger partial charge in [-0.15, -0.1) is 0 Å². The van der Waals surface area contributed by atoms with E-state index in [-0.39, 0.29) is 0 Å². The molecule has 1 atom stereocenters. The van der Waals surface area contributed by atoms with Crippen LogP contribution in [0.2, 0.25) is 5.32 Å².